The second kappa shape index (κ2) is 5.21. The second-order valence-electron chi connectivity index (χ2n) is 3.46. The summed E-state index contributed by atoms with van der Waals surface area (Å²) in [5, 5.41) is 9.29. The molecule has 0 aliphatic rings. The Morgan fingerprint density at radius 1 is 1.24 bits per heavy atom. The fraction of sp³-hybridized carbons (Fsp3) is 0.154. The quantitative estimate of drug-likeness (QED) is 0.877. The van der Waals surface area contributed by atoms with Crippen LogP contribution in [0.25, 0.3) is 0 Å². The zero-order valence-electron chi connectivity index (χ0n) is 9.46. The summed E-state index contributed by atoms with van der Waals surface area (Å²) >= 11 is 0. The van der Waals surface area contributed by atoms with Gasteiger partial charge in [0.05, 0.1) is 12.7 Å². The lowest BCUT2D eigenvalue weighted by atomic mass is 10.3. The Labute approximate surface area is 99.5 Å². The predicted octanol–water partition coefficient (Wildman–Crippen LogP) is 2.37. The standard InChI is InChI=1S/C13H13NO3/c1-16-13-10(4-3-7-14-13)9-17-12-6-2-5-11(15)8-12/h2-8,15H,9H2,1H3. The summed E-state index contributed by atoms with van der Waals surface area (Å²) in [5.74, 6) is 1.34. The molecule has 0 aliphatic heterocycles. The molecule has 0 saturated carbocycles. The Bertz CT molecular complexity index is 500. The van der Waals surface area contributed by atoms with E-state index in [0.29, 0.717) is 18.2 Å². The van der Waals surface area contributed by atoms with Crippen LogP contribution in [0.3, 0.4) is 0 Å². The van der Waals surface area contributed by atoms with Crippen LogP contribution < -0.4 is 9.47 Å². The number of ether oxygens (including phenoxy) is 2. The third kappa shape index (κ3) is 2.87. The van der Waals surface area contributed by atoms with Gasteiger partial charge in [-0.15, -0.1) is 0 Å². The molecule has 1 N–H and O–H groups in total. The van der Waals surface area contributed by atoms with Crippen molar-refractivity contribution in [3.05, 3.63) is 48.2 Å². The van der Waals surface area contributed by atoms with Crippen molar-refractivity contribution < 1.29 is 14.6 Å². The number of rotatable bonds is 4. The Morgan fingerprint density at radius 2 is 2.12 bits per heavy atom. The van der Waals surface area contributed by atoms with E-state index in [2.05, 4.69) is 4.98 Å². The van der Waals surface area contributed by atoms with Gasteiger partial charge in [-0.25, -0.2) is 4.98 Å². The summed E-state index contributed by atoms with van der Waals surface area (Å²) in [7, 11) is 1.57. The minimum Gasteiger partial charge on any atom is -0.508 e. The maximum Gasteiger partial charge on any atom is 0.219 e. The van der Waals surface area contributed by atoms with Gasteiger partial charge in [-0.05, 0) is 24.3 Å². The molecule has 0 saturated heterocycles. The fourth-order valence-corrected chi connectivity index (χ4v) is 1.45. The monoisotopic (exact) mass is 231 g/mol. The lowest BCUT2D eigenvalue weighted by Crippen LogP contribution is -1.99. The molecule has 0 amide bonds. The highest BCUT2D eigenvalue weighted by molar-refractivity contribution is 5.32. The van der Waals surface area contributed by atoms with Gasteiger partial charge in [-0.1, -0.05) is 6.07 Å². The molecule has 0 aliphatic carbocycles. The minimum absolute atomic E-state index is 0.181. The van der Waals surface area contributed by atoms with Gasteiger partial charge in [0.25, 0.3) is 0 Å². The lowest BCUT2D eigenvalue weighted by Gasteiger charge is -2.09. The topological polar surface area (TPSA) is 51.6 Å². The van der Waals surface area contributed by atoms with E-state index in [0.717, 1.165) is 5.56 Å². The van der Waals surface area contributed by atoms with E-state index in [-0.39, 0.29) is 5.75 Å². The van der Waals surface area contributed by atoms with Crippen LogP contribution in [0.5, 0.6) is 17.4 Å². The molecule has 4 nitrogen and oxygen atoms in total. The third-order valence-electron chi connectivity index (χ3n) is 2.26. The summed E-state index contributed by atoms with van der Waals surface area (Å²) in [6.45, 7) is 0.348. The van der Waals surface area contributed by atoms with E-state index in [1.165, 1.54) is 0 Å². The Balaban J connectivity index is 2.07. The molecule has 0 spiro atoms. The molecule has 0 unspecified atom stereocenters. The molecule has 17 heavy (non-hydrogen) atoms. The molecule has 0 bridgehead atoms. The van der Waals surface area contributed by atoms with Crippen molar-refractivity contribution in [2.24, 2.45) is 0 Å². The molecule has 2 aromatic rings. The van der Waals surface area contributed by atoms with Crippen molar-refractivity contribution in [1.29, 1.82) is 0 Å². The number of methoxy groups -OCH3 is 1. The predicted molar refractivity (Wildman–Crippen MR) is 63.2 cm³/mol. The fourth-order valence-electron chi connectivity index (χ4n) is 1.45. The van der Waals surface area contributed by atoms with Crippen LogP contribution in [0.4, 0.5) is 0 Å². The average molecular weight is 231 g/mol. The maximum absolute atomic E-state index is 9.29. The maximum atomic E-state index is 9.29. The first-order valence-corrected chi connectivity index (χ1v) is 5.19. The van der Waals surface area contributed by atoms with E-state index >= 15 is 0 Å². The number of aromatic nitrogens is 1. The molecule has 1 aromatic heterocycles. The molecule has 0 fully saturated rings. The van der Waals surface area contributed by atoms with Gasteiger partial charge in [0.1, 0.15) is 18.1 Å². The number of phenolic OH excluding ortho intramolecular Hbond substituents is 1. The Kier molecular flexibility index (Phi) is 3.45. The highest BCUT2D eigenvalue weighted by Gasteiger charge is 2.04. The smallest absolute Gasteiger partial charge is 0.219 e. The largest absolute Gasteiger partial charge is 0.508 e. The van der Waals surface area contributed by atoms with Gasteiger partial charge in [0.2, 0.25) is 5.88 Å². The number of benzene rings is 1. The highest BCUT2D eigenvalue weighted by atomic mass is 16.5. The molecule has 88 valence electrons. The summed E-state index contributed by atoms with van der Waals surface area (Å²) in [6, 6.07) is 10.4. The van der Waals surface area contributed by atoms with Gasteiger partial charge in [-0.3, -0.25) is 0 Å². The Hall–Kier alpha value is -2.23. The van der Waals surface area contributed by atoms with Crippen LogP contribution in [-0.2, 0) is 6.61 Å². The number of nitrogens with zero attached hydrogens (tertiary/aromatic N) is 1. The Morgan fingerprint density at radius 3 is 2.88 bits per heavy atom. The summed E-state index contributed by atoms with van der Waals surface area (Å²) in [6.07, 6.45) is 1.66. The minimum atomic E-state index is 0.181. The van der Waals surface area contributed by atoms with Crippen LogP contribution in [0.15, 0.2) is 42.6 Å². The van der Waals surface area contributed by atoms with Gasteiger partial charge >= 0.3 is 0 Å². The summed E-state index contributed by atoms with van der Waals surface area (Å²) < 4.78 is 10.7. The first-order valence-electron chi connectivity index (χ1n) is 5.19. The normalized spacial score (nSPS) is 9.94. The van der Waals surface area contributed by atoms with Crippen LogP contribution >= 0.6 is 0 Å². The van der Waals surface area contributed by atoms with Crippen LogP contribution in [-0.4, -0.2) is 17.2 Å². The molecule has 2 rings (SSSR count). The van der Waals surface area contributed by atoms with E-state index in [4.69, 9.17) is 9.47 Å². The number of hydrogen-bond acceptors (Lipinski definition) is 4. The molecule has 1 aromatic carbocycles. The highest BCUT2D eigenvalue weighted by Crippen LogP contribution is 2.21. The van der Waals surface area contributed by atoms with Crippen LogP contribution in [0.2, 0.25) is 0 Å². The molecular weight excluding hydrogens is 218 g/mol. The van der Waals surface area contributed by atoms with Crippen molar-refractivity contribution in [2.75, 3.05) is 7.11 Å². The van der Waals surface area contributed by atoms with Crippen molar-refractivity contribution >= 4 is 0 Å². The van der Waals surface area contributed by atoms with Crippen LogP contribution in [0, 0.1) is 0 Å². The van der Waals surface area contributed by atoms with E-state index in [9.17, 15) is 5.11 Å². The molecule has 4 heteroatoms. The number of aromatic hydroxyl groups is 1. The molecule has 0 atom stereocenters. The lowest BCUT2D eigenvalue weighted by molar-refractivity contribution is 0.292. The van der Waals surface area contributed by atoms with Gasteiger partial charge < -0.3 is 14.6 Å². The molecule has 0 radical (unpaired) electrons. The zero-order valence-corrected chi connectivity index (χ0v) is 9.46. The molecular formula is C13H13NO3. The number of phenols is 1. The van der Waals surface area contributed by atoms with Crippen LogP contribution in [0.1, 0.15) is 5.56 Å². The number of pyridine rings is 1. The van der Waals surface area contributed by atoms with Crippen molar-refractivity contribution in [3.8, 4) is 17.4 Å². The average Bonchev–Trinajstić information content (AvgIpc) is 2.37. The first kappa shape index (κ1) is 11.3. The SMILES string of the molecule is COc1ncccc1COc1cccc(O)c1. The van der Waals surface area contributed by atoms with Crippen molar-refractivity contribution in [2.45, 2.75) is 6.61 Å². The van der Waals surface area contributed by atoms with E-state index in [1.54, 1.807) is 37.6 Å². The second-order valence-corrected chi connectivity index (χ2v) is 3.46. The van der Waals surface area contributed by atoms with Gasteiger partial charge in [-0.2, -0.15) is 0 Å². The number of hydrogen-bond donors (Lipinski definition) is 1. The van der Waals surface area contributed by atoms with Crippen molar-refractivity contribution in [3.63, 3.8) is 0 Å². The first-order chi connectivity index (χ1) is 8.29. The summed E-state index contributed by atoms with van der Waals surface area (Å²) in [5.41, 5.74) is 0.860. The van der Waals surface area contributed by atoms with Gasteiger partial charge in [0, 0.05) is 12.3 Å². The van der Waals surface area contributed by atoms with E-state index in [1.807, 2.05) is 12.1 Å². The third-order valence-corrected chi connectivity index (χ3v) is 2.26. The molecule has 1 heterocycles. The summed E-state index contributed by atoms with van der Waals surface area (Å²) in [4.78, 5) is 4.08. The van der Waals surface area contributed by atoms with Crippen molar-refractivity contribution in [1.82, 2.24) is 4.98 Å². The zero-order chi connectivity index (χ0) is 12.1. The van der Waals surface area contributed by atoms with Gasteiger partial charge in [0.15, 0.2) is 0 Å². The van der Waals surface area contributed by atoms with E-state index < -0.39 is 0 Å².